The summed E-state index contributed by atoms with van der Waals surface area (Å²) in [6, 6.07) is 17.7. The van der Waals surface area contributed by atoms with Crippen LogP contribution in [0.1, 0.15) is 11.1 Å². The van der Waals surface area contributed by atoms with Crippen LogP contribution in [0.2, 0.25) is 0 Å². The second kappa shape index (κ2) is 7.33. The minimum Gasteiger partial charge on any atom is -0.489 e. The molecule has 2 aromatic carbocycles. The number of hydrogen-bond donors (Lipinski definition) is 1. The Kier molecular flexibility index (Phi) is 5.21. The second-order valence-electron chi connectivity index (χ2n) is 4.84. The van der Waals surface area contributed by atoms with Crippen molar-refractivity contribution in [3.05, 3.63) is 65.7 Å². The van der Waals surface area contributed by atoms with E-state index < -0.39 is 6.09 Å². The van der Waals surface area contributed by atoms with Crippen LogP contribution in [0, 0.1) is 0 Å². The SMILES string of the molecule is CN(CCc1ccccc1OCc1ccccc1)C(=O)O. The van der Waals surface area contributed by atoms with E-state index in [1.807, 2.05) is 54.6 Å². The summed E-state index contributed by atoms with van der Waals surface area (Å²) in [5.41, 5.74) is 2.12. The Bertz CT molecular complexity index is 584. The molecule has 0 saturated carbocycles. The van der Waals surface area contributed by atoms with Crippen LogP contribution in [0.25, 0.3) is 0 Å². The lowest BCUT2D eigenvalue weighted by atomic mass is 10.1. The quantitative estimate of drug-likeness (QED) is 0.884. The topological polar surface area (TPSA) is 49.8 Å². The Labute approximate surface area is 124 Å². The van der Waals surface area contributed by atoms with Crippen LogP contribution < -0.4 is 4.74 Å². The Morgan fingerprint density at radius 1 is 1.10 bits per heavy atom. The van der Waals surface area contributed by atoms with Crippen molar-refractivity contribution in [2.24, 2.45) is 0 Å². The third-order valence-electron chi connectivity index (χ3n) is 3.25. The predicted octanol–water partition coefficient (Wildman–Crippen LogP) is 3.42. The standard InChI is InChI=1S/C17H19NO3/c1-18(17(19)20)12-11-15-9-5-6-10-16(15)21-13-14-7-3-2-4-8-14/h2-10H,11-13H2,1H3,(H,19,20). The van der Waals surface area contributed by atoms with Gasteiger partial charge in [-0.05, 0) is 23.6 Å². The highest BCUT2D eigenvalue weighted by atomic mass is 16.5. The lowest BCUT2D eigenvalue weighted by Crippen LogP contribution is -2.26. The van der Waals surface area contributed by atoms with Crippen LogP contribution in [0.3, 0.4) is 0 Å². The number of amides is 1. The summed E-state index contributed by atoms with van der Waals surface area (Å²) >= 11 is 0. The molecule has 2 aromatic rings. The fraction of sp³-hybridized carbons (Fsp3) is 0.235. The molecule has 0 aromatic heterocycles. The normalized spacial score (nSPS) is 10.1. The molecule has 0 aliphatic heterocycles. The van der Waals surface area contributed by atoms with Crippen LogP contribution in [-0.4, -0.2) is 29.7 Å². The van der Waals surface area contributed by atoms with Crippen molar-refractivity contribution < 1.29 is 14.6 Å². The molecule has 0 saturated heterocycles. The van der Waals surface area contributed by atoms with Gasteiger partial charge < -0.3 is 14.7 Å². The fourth-order valence-corrected chi connectivity index (χ4v) is 1.97. The van der Waals surface area contributed by atoms with E-state index in [0.29, 0.717) is 19.6 Å². The number of rotatable bonds is 6. The lowest BCUT2D eigenvalue weighted by Gasteiger charge is -2.15. The Morgan fingerprint density at radius 3 is 2.48 bits per heavy atom. The molecule has 1 N–H and O–H groups in total. The highest BCUT2D eigenvalue weighted by Gasteiger charge is 2.08. The summed E-state index contributed by atoms with van der Waals surface area (Å²) in [5, 5.41) is 8.88. The molecule has 110 valence electrons. The van der Waals surface area contributed by atoms with Gasteiger partial charge in [0.2, 0.25) is 0 Å². The van der Waals surface area contributed by atoms with E-state index in [9.17, 15) is 4.79 Å². The molecule has 2 rings (SSSR count). The molecular weight excluding hydrogens is 266 g/mol. The van der Waals surface area contributed by atoms with Gasteiger partial charge in [-0.3, -0.25) is 0 Å². The summed E-state index contributed by atoms with van der Waals surface area (Å²) in [5.74, 6) is 0.806. The molecule has 0 heterocycles. The van der Waals surface area contributed by atoms with E-state index in [1.54, 1.807) is 7.05 Å². The van der Waals surface area contributed by atoms with Gasteiger partial charge in [0.05, 0.1) is 0 Å². The highest BCUT2D eigenvalue weighted by molar-refractivity contribution is 5.64. The maximum absolute atomic E-state index is 10.8. The fourth-order valence-electron chi connectivity index (χ4n) is 1.97. The van der Waals surface area contributed by atoms with Crippen molar-refractivity contribution in [2.45, 2.75) is 13.0 Å². The molecule has 0 aliphatic rings. The molecule has 0 bridgehead atoms. The zero-order chi connectivity index (χ0) is 15.1. The van der Waals surface area contributed by atoms with Crippen molar-refractivity contribution in [1.29, 1.82) is 0 Å². The van der Waals surface area contributed by atoms with Crippen LogP contribution in [-0.2, 0) is 13.0 Å². The number of likely N-dealkylation sites (N-methyl/N-ethyl adjacent to an activating group) is 1. The summed E-state index contributed by atoms with van der Waals surface area (Å²) < 4.78 is 5.85. The van der Waals surface area contributed by atoms with Crippen LogP contribution in [0.4, 0.5) is 4.79 Å². The Balaban J connectivity index is 1.98. The predicted molar refractivity (Wildman–Crippen MR) is 81.6 cm³/mol. The molecule has 0 fully saturated rings. The van der Waals surface area contributed by atoms with Crippen molar-refractivity contribution in [3.63, 3.8) is 0 Å². The van der Waals surface area contributed by atoms with Crippen molar-refractivity contribution in [1.82, 2.24) is 4.90 Å². The average molecular weight is 285 g/mol. The summed E-state index contributed by atoms with van der Waals surface area (Å²) in [6.07, 6.45) is -0.286. The average Bonchev–Trinajstić information content (AvgIpc) is 2.52. The van der Waals surface area contributed by atoms with Gasteiger partial charge in [-0.1, -0.05) is 48.5 Å². The van der Waals surface area contributed by atoms with E-state index in [4.69, 9.17) is 9.84 Å². The molecule has 4 nitrogen and oxygen atoms in total. The van der Waals surface area contributed by atoms with Gasteiger partial charge in [0, 0.05) is 13.6 Å². The van der Waals surface area contributed by atoms with Gasteiger partial charge >= 0.3 is 6.09 Å². The van der Waals surface area contributed by atoms with Crippen molar-refractivity contribution >= 4 is 6.09 Å². The van der Waals surface area contributed by atoms with Crippen molar-refractivity contribution in [2.75, 3.05) is 13.6 Å². The van der Waals surface area contributed by atoms with E-state index in [2.05, 4.69) is 0 Å². The van der Waals surface area contributed by atoms with Crippen LogP contribution >= 0.6 is 0 Å². The number of carbonyl (C=O) groups is 1. The number of benzene rings is 2. The molecular formula is C17H19NO3. The molecule has 0 spiro atoms. The number of ether oxygens (including phenoxy) is 1. The van der Waals surface area contributed by atoms with Gasteiger partial charge in [-0.25, -0.2) is 4.79 Å². The Morgan fingerprint density at radius 2 is 1.76 bits per heavy atom. The molecule has 0 aliphatic carbocycles. The maximum Gasteiger partial charge on any atom is 0.407 e. The van der Waals surface area contributed by atoms with Crippen LogP contribution in [0.5, 0.6) is 5.75 Å². The molecule has 0 unspecified atom stereocenters. The first-order valence-electron chi connectivity index (χ1n) is 6.85. The summed E-state index contributed by atoms with van der Waals surface area (Å²) in [7, 11) is 1.57. The first kappa shape index (κ1) is 14.9. The number of carboxylic acid groups (broad SMARTS) is 1. The molecule has 0 radical (unpaired) electrons. The lowest BCUT2D eigenvalue weighted by molar-refractivity contribution is 0.156. The second-order valence-corrected chi connectivity index (χ2v) is 4.84. The number of hydrogen-bond acceptors (Lipinski definition) is 2. The summed E-state index contributed by atoms with van der Waals surface area (Å²) in [6.45, 7) is 0.952. The third kappa shape index (κ3) is 4.53. The van der Waals surface area contributed by atoms with E-state index in [-0.39, 0.29) is 0 Å². The molecule has 1 amide bonds. The van der Waals surface area contributed by atoms with Gasteiger partial charge in [0.15, 0.2) is 0 Å². The Hall–Kier alpha value is -2.49. The van der Waals surface area contributed by atoms with E-state index in [0.717, 1.165) is 16.9 Å². The third-order valence-corrected chi connectivity index (χ3v) is 3.25. The maximum atomic E-state index is 10.8. The highest BCUT2D eigenvalue weighted by Crippen LogP contribution is 2.20. The molecule has 21 heavy (non-hydrogen) atoms. The number of para-hydroxylation sites is 1. The van der Waals surface area contributed by atoms with Crippen molar-refractivity contribution in [3.8, 4) is 5.75 Å². The number of nitrogens with zero attached hydrogens (tertiary/aromatic N) is 1. The zero-order valence-corrected chi connectivity index (χ0v) is 12.0. The van der Waals surface area contributed by atoms with Gasteiger partial charge in [-0.15, -0.1) is 0 Å². The first-order chi connectivity index (χ1) is 10.2. The minimum atomic E-state index is -0.919. The van der Waals surface area contributed by atoms with E-state index >= 15 is 0 Å². The first-order valence-corrected chi connectivity index (χ1v) is 6.85. The van der Waals surface area contributed by atoms with Gasteiger partial charge in [0.1, 0.15) is 12.4 Å². The van der Waals surface area contributed by atoms with Gasteiger partial charge in [-0.2, -0.15) is 0 Å². The largest absolute Gasteiger partial charge is 0.489 e. The van der Waals surface area contributed by atoms with Crippen LogP contribution in [0.15, 0.2) is 54.6 Å². The van der Waals surface area contributed by atoms with Gasteiger partial charge in [0.25, 0.3) is 0 Å². The molecule has 0 atom stereocenters. The summed E-state index contributed by atoms with van der Waals surface area (Å²) in [4.78, 5) is 12.1. The monoisotopic (exact) mass is 285 g/mol. The smallest absolute Gasteiger partial charge is 0.407 e. The zero-order valence-electron chi connectivity index (χ0n) is 12.0. The molecule has 4 heteroatoms. The minimum absolute atomic E-state index is 0.445. The van der Waals surface area contributed by atoms with E-state index in [1.165, 1.54) is 4.90 Å².